The second-order valence-corrected chi connectivity index (χ2v) is 14.3. The SMILES string of the molecule is COC(=O)[C@]12C/C(=C(/c3ccccc3)[Si](C)(C)C)C[C@H]1C[C@@H]1C(=O)OC[C@@H]12. The van der Waals surface area contributed by atoms with Gasteiger partial charge in [-0.05, 0) is 30.7 Å². The second kappa shape index (κ2) is 6.33. The van der Waals surface area contributed by atoms with Crippen molar-refractivity contribution in [3.05, 3.63) is 41.5 Å². The summed E-state index contributed by atoms with van der Waals surface area (Å²) in [7, 11) is -0.166. The first-order valence-corrected chi connectivity index (χ1v) is 13.3. The fourth-order valence-electron chi connectivity index (χ4n) is 5.95. The minimum Gasteiger partial charge on any atom is -0.469 e. The molecular weight excluding hydrogens is 356 g/mol. The Labute approximate surface area is 161 Å². The summed E-state index contributed by atoms with van der Waals surface area (Å²) in [4.78, 5) is 25.2. The van der Waals surface area contributed by atoms with Gasteiger partial charge in [-0.25, -0.2) is 0 Å². The normalized spacial score (nSPS) is 34.1. The highest BCUT2D eigenvalue weighted by Crippen LogP contribution is 2.64. The molecule has 0 radical (unpaired) electrons. The number of carbonyl (C=O) groups is 2. The van der Waals surface area contributed by atoms with E-state index in [-0.39, 0.29) is 29.7 Å². The lowest BCUT2D eigenvalue weighted by Gasteiger charge is -2.31. The number of rotatable bonds is 3. The highest BCUT2D eigenvalue weighted by atomic mass is 28.3. The van der Waals surface area contributed by atoms with Crippen molar-refractivity contribution in [2.24, 2.45) is 23.2 Å². The standard InChI is InChI=1S/C22H28O4Si/c1-25-21(24)22-12-15(10-16(22)11-17-18(22)13-26-20(17)23)19(27(2,3)4)14-8-6-5-7-9-14/h5-9,16-18H,10-13H2,1-4H3/b19-15-/t16-,17-,18-,22+/m0/s1. The Kier molecular flexibility index (Phi) is 4.33. The first kappa shape index (κ1) is 18.5. The highest BCUT2D eigenvalue weighted by molar-refractivity contribution is 6.93. The number of allylic oxidation sites excluding steroid dienone is 1. The van der Waals surface area contributed by atoms with Gasteiger partial charge in [0.05, 0.1) is 33.1 Å². The first-order valence-electron chi connectivity index (χ1n) is 9.82. The molecular formula is C22H28O4Si. The van der Waals surface area contributed by atoms with Crippen LogP contribution in [0.25, 0.3) is 5.20 Å². The third-order valence-electron chi connectivity index (χ3n) is 6.85. The molecule has 0 spiro atoms. The third-order valence-corrected chi connectivity index (χ3v) is 8.99. The van der Waals surface area contributed by atoms with E-state index in [1.54, 1.807) is 0 Å². The van der Waals surface area contributed by atoms with Gasteiger partial charge in [0.2, 0.25) is 0 Å². The maximum Gasteiger partial charge on any atom is 0.312 e. The van der Waals surface area contributed by atoms with Crippen molar-refractivity contribution < 1.29 is 19.1 Å². The van der Waals surface area contributed by atoms with Crippen LogP contribution < -0.4 is 0 Å². The van der Waals surface area contributed by atoms with E-state index in [0.717, 1.165) is 12.8 Å². The van der Waals surface area contributed by atoms with E-state index in [9.17, 15) is 9.59 Å². The van der Waals surface area contributed by atoms with Crippen LogP contribution in [-0.2, 0) is 19.1 Å². The van der Waals surface area contributed by atoms with Crippen molar-refractivity contribution >= 4 is 25.2 Å². The largest absolute Gasteiger partial charge is 0.469 e. The quantitative estimate of drug-likeness (QED) is 0.582. The van der Waals surface area contributed by atoms with Crippen LogP contribution in [-0.4, -0.2) is 33.7 Å². The predicted molar refractivity (Wildman–Crippen MR) is 106 cm³/mol. The topological polar surface area (TPSA) is 52.6 Å². The molecule has 3 fully saturated rings. The molecule has 1 aromatic rings. The van der Waals surface area contributed by atoms with Gasteiger partial charge >= 0.3 is 11.9 Å². The molecule has 27 heavy (non-hydrogen) atoms. The molecule has 4 atom stereocenters. The first-order chi connectivity index (χ1) is 12.8. The molecule has 5 heteroatoms. The van der Waals surface area contributed by atoms with E-state index in [1.807, 2.05) is 6.07 Å². The van der Waals surface area contributed by atoms with E-state index < -0.39 is 13.5 Å². The van der Waals surface area contributed by atoms with Gasteiger partial charge in [-0.1, -0.05) is 60.7 Å². The van der Waals surface area contributed by atoms with Crippen LogP contribution in [0.1, 0.15) is 24.8 Å². The van der Waals surface area contributed by atoms with Gasteiger partial charge in [0.15, 0.2) is 0 Å². The van der Waals surface area contributed by atoms with E-state index in [4.69, 9.17) is 9.47 Å². The maximum atomic E-state index is 13.0. The molecule has 144 valence electrons. The van der Waals surface area contributed by atoms with Crippen LogP contribution in [0.3, 0.4) is 0 Å². The number of hydrogen-bond donors (Lipinski definition) is 0. The summed E-state index contributed by atoms with van der Waals surface area (Å²) in [5.74, 6) is -0.285. The monoisotopic (exact) mass is 384 g/mol. The number of ether oxygens (including phenoxy) is 2. The van der Waals surface area contributed by atoms with Gasteiger partial charge in [-0.2, -0.15) is 0 Å². The molecule has 3 aliphatic rings. The Morgan fingerprint density at radius 2 is 1.93 bits per heavy atom. The number of methoxy groups -OCH3 is 1. The summed E-state index contributed by atoms with van der Waals surface area (Å²) < 4.78 is 10.6. The van der Waals surface area contributed by atoms with Crippen molar-refractivity contribution in [1.29, 1.82) is 0 Å². The summed E-state index contributed by atoms with van der Waals surface area (Å²) in [6.45, 7) is 7.46. The molecule has 1 aliphatic heterocycles. The van der Waals surface area contributed by atoms with Crippen LogP contribution in [0, 0.1) is 23.2 Å². The second-order valence-electron chi connectivity index (χ2n) is 9.28. The van der Waals surface area contributed by atoms with Crippen molar-refractivity contribution in [3.63, 3.8) is 0 Å². The Hall–Kier alpha value is -1.88. The molecule has 0 unspecified atom stereocenters. The summed E-state index contributed by atoms with van der Waals surface area (Å²) in [5, 5.41) is 1.46. The Balaban J connectivity index is 1.83. The average molecular weight is 385 g/mol. The van der Waals surface area contributed by atoms with Gasteiger partial charge in [0, 0.05) is 5.92 Å². The molecule has 0 N–H and O–H groups in total. The van der Waals surface area contributed by atoms with Gasteiger partial charge in [-0.15, -0.1) is 0 Å². The van der Waals surface area contributed by atoms with Crippen molar-refractivity contribution in [1.82, 2.24) is 0 Å². The zero-order chi connectivity index (χ0) is 19.4. The smallest absolute Gasteiger partial charge is 0.312 e. The van der Waals surface area contributed by atoms with Gasteiger partial charge in [0.1, 0.15) is 0 Å². The van der Waals surface area contributed by atoms with E-state index in [2.05, 4.69) is 43.9 Å². The Bertz CT molecular complexity index is 807. The van der Waals surface area contributed by atoms with Gasteiger partial charge < -0.3 is 9.47 Å². The molecule has 0 aromatic heterocycles. The number of cyclic esters (lactones) is 1. The lowest BCUT2D eigenvalue weighted by molar-refractivity contribution is -0.157. The Morgan fingerprint density at radius 3 is 2.56 bits per heavy atom. The molecule has 4 rings (SSSR count). The zero-order valence-corrected chi connectivity index (χ0v) is 17.6. The van der Waals surface area contributed by atoms with Crippen LogP contribution in [0.2, 0.25) is 19.6 Å². The highest BCUT2D eigenvalue weighted by Gasteiger charge is 2.67. The minimum absolute atomic E-state index is 0.0430. The summed E-state index contributed by atoms with van der Waals surface area (Å²) in [6, 6.07) is 10.6. The Morgan fingerprint density at radius 1 is 1.22 bits per heavy atom. The molecule has 1 saturated heterocycles. The molecule has 4 nitrogen and oxygen atoms in total. The number of carbonyl (C=O) groups excluding carboxylic acids is 2. The van der Waals surface area contributed by atoms with Crippen molar-refractivity contribution in [2.45, 2.75) is 38.9 Å². The third kappa shape index (κ3) is 2.70. The average Bonchev–Trinajstić information content (AvgIpc) is 3.24. The summed E-state index contributed by atoms with van der Waals surface area (Å²) in [6.07, 6.45) is 2.34. The summed E-state index contributed by atoms with van der Waals surface area (Å²) in [5.41, 5.74) is 2.08. The predicted octanol–water partition coefficient (Wildman–Crippen LogP) is 4.08. The fourth-order valence-corrected chi connectivity index (χ4v) is 8.24. The number of hydrogen-bond acceptors (Lipinski definition) is 4. The molecule has 2 aliphatic carbocycles. The van der Waals surface area contributed by atoms with Crippen LogP contribution in [0.5, 0.6) is 0 Å². The van der Waals surface area contributed by atoms with Crippen LogP contribution in [0.4, 0.5) is 0 Å². The van der Waals surface area contributed by atoms with Crippen LogP contribution in [0.15, 0.2) is 35.9 Å². The summed E-state index contributed by atoms with van der Waals surface area (Å²) >= 11 is 0. The number of benzene rings is 1. The van der Waals surface area contributed by atoms with Gasteiger partial charge in [-0.3, -0.25) is 9.59 Å². The van der Waals surface area contributed by atoms with Crippen molar-refractivity contribution in [2.75, 3.05) is 13.7 Å². The lowest BCUT2D eigenvalue weighted by Crippen LogP contribution is -2.39. The minimum atomic E-state index is -1.64. The molecule has 1 aromatic carbocycles. The number of fused-ring (bicyclic) bond motifs is 3. The van der Waals surface area contributed by atoms with E-state index in [0.29, 0.717) is 13.0 Å². The van der Waals surface area contributed by atoms with Gasteiger partial charge in [0.25, 0.3) is 0 Å². The lowest BCUT2D eigenvalue weighted by atomic mass is 9.73. The molecule has 0 amide bonds. The zero-order valence-electron chi connectivity index (χ0n) is 16.6. The van der Waals surface area contributed by atoms with Crippen molar-refractivity contribution in [3.8, 4) is 0 Å². The molecule has 2 saturated carbocycles. The van der Waals surface area contributed by atoms with Crippen LogP contribution >= 0.6 is 0 Å². The van der Waals surface area contributed by atoms with E-state index >= 15 is 0 Å². The number of esters is 2. The fraction of sp³-hybridized carbons (Fsp3) is 0.545. The van der Waals surface area contributed by atoms with E-state index in [1.165, 1.54) is 23.4 Å². The molecule has 0 bridgehead atoms. The molecule has 1 heterocycles. The maximum absolute atomic E-state index is 13.0.